The molecule has 438 valence electrons. The second kappa shape index (κ2) is 23.8. The second-order valence-electron chi connectivity index (χ2n) is 21.8. The molecule has 8 rings (SSSR count). The van der Waals surface area contributed by atoms with Crippen LogP contribution in [0.2, 0.25) is 0 Å². The van der Waals surface area contributed by atoms with Crippen molar-refractivity contribution in [3.8, 4) is 23.1 Å². The number of aromatic nitrogens is 4. The van der Waals surface area contributed by atoms with Gasteiger partial charge in [0, 0.05) is 79.5 Å². The average molecular weight is 1150 g/mol. The van der Waals surface area contributed by atoms with Crippen molar-refractivity contribution >= 4 is 29.8 Å². The molecule has 3 saturated heterocycles. The SMILES string of the molecule is CC(C)([C@H](NC(=O)O)C(=O)N[C@@H](Cc1ccc(C#Cc2cnc(N3CC4CCC(C3)N4C3COC3)nc2)cc1)[C@@H](O)CN(Cc1c(F)cc(-c2ccn(C(F)F)n2)cc1F)NC(=O)[C@@H](NC(=O)C1CC1)C(C)(C)C(F)(F)F)C(F)(F)F. The number of rotatable bonds is 20. The number of amides is 4. The van der Waals surface area contributed by atoms with Crippen molar-refractivity contribution < 1.29 is 78.0 Å². The average Bonchev–Trinajstić information content (AvgIpc) is 4.07. The molecule has 6 atom stereocenters. The molecule has 1 saturated carbocycles. The first-order valence-electron chi connectivity index (χ1n) is 25.8. The highest BCUT2D eigenvalue weighted by Crippen LogP contribution is 2.43. The molecule has 2 aromatic heterocycles. The zero-order valence-electron chi connectivity index (χ0n) is 44.1. The number of ether oxygens (including phenoxy) is 1. The summed E-state index contributed by atoms with van der Waals surface area (Å²) in [6, 6.07) is 2.71. The number of carboxylic acid groups (broad SMARTS) is 1. The number of alkyl halides is 8. The van der Waals surface area contributed by atoms with E-state index in [1.807, 2.05) is 0 Å². The third-order valence-corrected chi connectivity index (χ3v) is 15.3. The van der Waals surface area contributed by atoms with Crippen LogP contribution in [-0.2, 0) is 32.1 Å². The van der Waals surface area contributed by atoms with E-state index in [1.54, 1.807) is 17.7 Å². The van der Waals surface area contributed by atoms with Crippen LogP contribution in [0.4, 0.5) is 54.6 Å². The van der Waals surface area contributed by atoms with E-state index in [2.05, 4.69) is 52.8 Å². The van der Waals surface area contributed by atoms with E-state index in [0.29, 0.717) is 92.9 Å². The third kappa shape index (κ3) is 13.8. The van der Waals surface area contributed by atoms with Crippen molar-refractivity contribution in [2.24, 2.45) is 16.7 Å². The number of aliphatic hydroxyl groups excluding tert-OH is 1. The number of piperazine rings is 1. The molecule has 1 aliphatic carbocycles. The fourth-order valence-corrected chi connectivity index (χ4v) is 9.93. The van der Waals surface area contributed by atoms with Crippen LogP contribution in [0.15, 0.2) is 61.1 Å². The van der Waals surface area contributed by atoms with Gasteiger partial charge in [0.25, 0.3) is 5.91 Å². The van der Waals surface area contributed by atoms with Crippen molar-refractivity contribution in [3.63, 3.8) is 0 Å². The van der Waals surface area contributed by atoms with Gasteiger partial charge < -0.3 is 35.8 Å². The standard InChI is InChI=1S/C53H59F10N11O7/c1-50(2,52(58,59)60)42(68-49(79)80)45(77)66-40(17-29-8-5-28(6-9-29)7-10-30-20-64-48(65-21-30)71-22-33-13-14-34(23-71)74(33)35-26-81-27-35)41(75)25-72(70-46(78)43(51(3,4)53(61,62)63)67-44(76)31-11-12-31)24-36-37(54)18-32(19-38(36)55)39-15-16-73(69-39)47(56)57/h5-6,8-9,15-16,18-21,31,33-35,40-43,47,68,75H,11-14,17,22-27H2,1-4H3,(H,66,77)(H,67,76)(H,70,78)(H,79,80)/t33?,34?,40-,41-,42+,43+/m0/s1. The number of carbonyl (C=O) groups excluding carboxylic acids is 3. The summed E-state index contributed by atoms with van der Waals surface area (Å²) < 4.78 is 152. The lowest BCUT2D eigenvalue weighted by molar-refractivity contribution is -0.222. The number of halogens is 10. The van der Waals surface area contributed by atoms with E-state index in [9.17, 15) is 64.5 Å². The number of anilines is 1. The molecule has 28 heteroatoms. The van der Waals surface area contributed by atoms with Crippen LogP contribution in [0.1, 0.15) is 82.2 Å². The maximum atomic E-state index is 16.1. The summed E-state index contributed by atoms with van der Waals surface area (Å²) in [7, 11) is 0. The third-order valence-electron chi connectivity index (χ3n) is 15.3. The van der Waals surface area contributed by atoms with E-state index >= 15 is 8.78 Å². The molecule has 18 nitrogen and oxygen atoms in total. The van der Waals surface area contributed by atoms with Gasteiger partial charge in [-0.3, -0.25) is 24.7 Å². The van der Waals surface area contributed by atoms with Gasteiger partial charge in [0.05, 0.1) is 53.5 Å². The zero-order chi connectivity index (χ0) is 58.9. The summed E-state index contributed by atoms with van der Waals surface area (Å²) in [5.74, 6) is -1.19. The lowest BCUT2D eigenvalue weighted by Crippen LogP contribution is -2.63. The van der Waals surface area contributed by atoms with Gasteiger partial charge in [-0.2, -0.15) is 40.2 Å². The van der Waals surface area contributed by atoms with Gasteiger partial charge in [-0.05, 0) is 95.7 Å². The molecule has 3 aliphatic heterocycles. The lowest BCUT2D eigenvalue weighted by Gasteiger charge is -2.47. The number of nitrogens with zero attached hydrogens (tertiary/aromatic N) is 7. The van der Waals surface area contributed by atoms with Crippen molar-refractivity contribution in [2.45, 2.75) is 128 Å². The molecular weight excluding hydrogens is 1090 g/mol. The van der Waals surface area contributed by atoms with Crippen LogP contribution < -0.4 is 26.3 Å². The summed E-state index contributed by atoms with van der Waals surface area (Å²) in [5.41, 5.74) is -4.48. The number of carbonyl (C=O) groups is 4. The first kappa shape index (κ1) is 60.0. The number of fused-ring (bicyclic) bond motifs is 2. The molecule has 2 bridgehead atoms. The van der Waals surface area contributed by atoms with Gasteiger partial charge in [0.15, 0.2) is 0 Å². The highest BCUT2D eigenvalue weighted by Gasteiger charge is 2.57. The number of nitrogens with one attached hydrogen (secondary N) is 4. The zero-order valence-corrected chi connectivity index (χ0v) is 44.1. The molecule has 4 aliphatic rings. The van der Waals surface area contributed by atoms with E-state index in [1.165, 1.54) is 24.3 Å². The van der Waals surface area contributed by atoms with Crippen molar-refractivity contribution in [3.05, 3.63) is 94.9 Å². The topological polar surface area (TPSA) is 219 Å². The Kier molecular flexibility index (Phi) is 17.6. The molecule has 4 amide bonds. The predicted molar refractivity (Wildman–Crippen MR) is 268 cm³/mol. The Morgan fingerprint density at radius 2 is 1.35 bits per heavy atom. The summed E-state index contributed by atoms with van der Waals surface area (Å²) in [6.07, 6.45) is -8.35. The van der Waals surface area contributed by atoms with Crippen LogP contribution >= 0.6 is 0 Å². The van der Waals surface area contributed by atoms with Crippen molar-refractivity contribution in [1.29, 1.82) is 0 Å². The fraction of sp³-hybridized carbons (Fsp3) is 0.528. The molecule has 5 heterocycles. The number of hydrazine groups is 1. The van der Waals surface area contributed by atoms with Crippen LogP contribution in [-0.4, -0.2) is 151 Å². The van der Waals surface area contributed by atoms with Gasteiger partial charge in [-0.25, -0.2) is 33.2 Å². The highest BCUT2D eigenvalue weighted by atomic mass is 19.4. The fourth-order valence-electron chi connectivity index (χ4n) is 9.93. The molecule has 0 radical (unpaired) electrons. The minimum absolute atomic E-state index is 0.203. The maximum Gasteiger partial charge on any atom is 0.405 e. The van der Waals surface area contributed by atoms with Crippen LogP contribution in [0.25, 0.3) is 11.3 Å². The molecule has 4 aromatic rings. The summed E-state index contributed by atoms with van der Waals surface area (Å²) in [4.78, 5) is 66.7. The lowest BCUT2D eigenvalue weighted by atomic mass is 9.82. The molecule has 2 unspecified atom stereocenters. The Labute approximate surface area is 457 Å². The maximum absolute atomic E-state index is 16.1. The first-order chi connectivity index (χ1) is 38.0. The molecule has 2 aromatic carbocycles. The molecule has 6 N–H and O–H groups in total. The summed E-state index contributed by atoms with van der Waals surface area (Å²) in [6.45, 7) is -0.0729. The summed E-state index contributed by atoms with van der Waals surface area (Å²) in [5, 5.41) is 31.6. The highest BCUT2D eigenvalue weighted by molar-refractivity contribution is 5.90. The van der Waals surface area contributed by atoms with E-state index in [-0.39, 0.29) is 21.5 Å². The minimum Gasteiger partial charge on any atom is -0.465 e. The summed E-state index contributed by atoms with van der Waals surface area (Å²) >= 11 is 0. The number of hydrogen-bond donors (Lipinski definition) is 6. The second-order valence-corrected chi connectivity index (χ2v) is 21.8. The van der Waals surface area contributed by atoms with Crippen molar-refractivity contribution in [1.82, 2.24) is 51.0 Å². The Hall–Kier alpha value is -7.09. The quantitative estimate of drug-likeness (QED) is 0.0336. The van der Waals surface area contributed by atoms with Gasteiger partial charge in [-0.1, -0.05) is 24.0 Å². The van der Waals surface area contributed by atoms with Crippen LogP contribution in [0, 0.1) is 40.2 Å². The monoisotopic (exact) mass is 1150 g/mol. The minimum atomic E-state index is -5.22. The van der Waals surface area contributed by atoms with Gasteiger partial charge >= 0.3 is 25.0 Å². The van der Waals surface area contributed by atoms with E-state index in [0.717, 1.165) is 51.4 Å². The van der Waals surface area contributed by atoms with Gasteiger partial charge in [-0.15, -0.1) is 0 Å². The molecule has 0 spiro atoms. The van der Waals surface area contributed by atoms with Crippen LogP contribution in [0.5, 0.6) is 0 Å². The Bertz CT molecular complexity index is 2960. The smallest absolute Gasteiger partial charge is 0.405 e. The largest absolute Gasteiger partial charge is 0.465 e. The molecule has 81 heavy (non-hydrogen) atoms. The number of hydrogen-bond acceptors (Lipinski definition) is 12. The molecular formula is C53H59F10N11O7. The first-order valence-corrected chi connectivity index (χ1v) is 25.8. The normalized spacial score (nSPS) is 19.5. The Balaban J connectivity index is 1.07. The van der Waals surface area contributed by atoms with E-state index in [4.69, 9.17) is 4.74 Å². The van der Waals surface area contributed by atoms with Gasteiger partial charge in [0.1, 0.15) is 23.7 Å². The number of benzene rings is 2. The van der Waals surface area contributed by atoms with E-state index < -0.39 is 120 Å². The van der Waals surface area contributed by atoms with Crippen LogP contribution in [0.3, 0.4) is 0 Å². The van der Waals surface area contributed by atoms with Crippen molar-refractivity contribution in [2.75, 3.05) is 37.7 Å². The van der Waals surface area contributed by atoms with Gasteiger partial charge in [0.2, 0.25) is 17.8 Å². The Morgan fingerprint density at radius 3 is 1.85 bits per heavy atom. The number of aliphatic hydroxyl groups is 1. The predicted octanol–water partition coefficient (Wildman–Crippen LogP) is 6.09. The molecule has 4 fully saturated rings. The Morgan fingerprint density at radius 1 is 0.778 bits per heavy atom.